The maximum Gasteiger partial charge on any atom is 0.119 e. The molecule has 1 fully saturated rings. The SMILES string of the molecule is C[N+]1(C)CCCCC1CC(c1ccccc1)c1ccccc1O. The zero-order valence-corrected chi connectivity index (χ0v) is 14.3. The van der Waals surface area contributed by atoms with E-state index in [0.29, 0.717) is 11.8 Å². The summed E-state index contributed by atoms with van der Waals surface area (Å²) >= 11 is 0. The van der Waals surface area contributed by atoms with E-state index in [1.54, 1.807) is 0 Å². The van der Waals surface area contributed by atoms with Crippen molar-refractivity contribution in [1.82, 2.24) is 0 Å². The molecule has 122 valence electrons. The number of hydrogen-bond acceptors (Lipinski definition) is 1. The molecule has 2 nitrogen and oxygen atoms in total. The van der Waals surface area contributed by atoms with Gasteiger partial charge >= 0.3 is 0 Å². The fraction of sp³-hybridized carbons (Fsp3) is 0.429. The summed E-state index contributed by atoms with van der Waals surface area (Å²) in [6.07, 6.45) is 5.03. The predicted molar refractivity (Wildman–Crippen MR) is 95.6 cm³/mol. The molecule has 2 aromatic carbocycles. The first-order chi connectivity index (χ1) is 11.1. The third kappa shape index (κ3) is 3.59. The van der Waals surface area contributed by atoms with Gasteiger partial charge in [-0.15, -0.1) is 0 Å². The summed E-state index contributed by atoms with van der Waals surface area (Å²) in [4.78, 5) is 0. The highest BCUT2D eigenvalue weighted by atomic mass is 16.3. The normalized spacial score (nSPS) is 21.7. The van der Waals surface area contributed by atoms with E-state index in [1.165, 1.54) is 31.4 Å². The van der Waals surface area contributed by atoms with E-state index in [2.05, 4.69) is 50.5 Å². The van der Waals surface area contributed by atoms with Gasteiger partial charge in [-0.1, -0.05) is 48.5 Å². The fourth-order valence-corrected chi connectivity index (χ4v) is 4.02. The largest absolute Gasteiger partial charge is 0.508 e. The van der Waals surface area contributed by atoms with Crippen LogP contribution in [-0.4, -0.2) is 36.3 Å². The molecule has 2 aromatic rings. The van der Waals surface area contributed by atoms with Gasteiger partial charge in [-0.3, -0.25) is 0 Å². The molecule has 1 N–H and O–H groups in total. The molecule has 0 spiro atoms. The second kappa shape index (κ2) is 6.76. The summed E-state index contributed by atoms with van der Waals surface area (Å²) in [6, 6.07) is 19.1. The van der Waals surface area contributed by atoms with E-state index in [4.69, 9.17) is 0 Å². The summed E-state index contributed by atoms with van der Waals surface area (Å²) in [6.45, 7) is 1.26. The standard InChI is InChI=1S/C21H27NO/c1-22(2)15-9-8-12-18(22)16-20(17-10-4-3-5-11-17)19-13-6-7-14-21(19)23/h3-7,10-11,13-14,18,20H,8-9,12,15-16H2,1-2H3/p+1. The van der Waals surface area contributed by atoms with Crippen molar-refractivity contribution in [2.45, 2.75) is 37.6 Å². The Labute approximate surface area is 140 Å². The van der Waals surface area contributed by atoms with E-state index < -0.39 is 0 Å². The molecule has 1 heterocycles. The molecule has 2 atom stereocenters. The number of phenols is 1. The van der Waals surface area contributed by atoms with E-state index in [-0.39, 0.29) is 5.92 Å². The summed E-state index contributed by atoms with van der Waals surface area (Å²) in [5.74, 6) is 0.681. The van der Waals surface area contributed by atoms with Gasteiger partial charge < -0.3 is 9.59 Å². The summed E-state index contributed by atoms with van der Waals surface area (Å²) in [5.41, 5.74) is 2.36. The van der Waals surface area contributed by atoms with Crippen molar-refractivity contribution >= 4 is 0 Å². The maximum atomic E-state index is 10.4. The van der Waals surface area contributed by atoms with Crippen LogP contribution in [0.5, 0.6) is 5.75 Å². The van der Waals surface area contributed by atoms with Gasteiger partial charge in [0.15, 0.2) is 0 Å². The minimum Gasteiger partial charge on any atom is -0.508 e. The molecule has 0 aromatic heterocycles. The van der Waals surface area contributed by atoms with Crippen LogP contribution in [0.1, 0.15) is 42.7 Å². The lowest BCUT2D eigenvalue weighted by Crippen LogP contribution is -2.52. The lowest BCUT2D eigenvalue weighted by molar-refractivity contribution is -0.920. The number of phenolic OH excluding ortho intramolecular Hbond substituents is 1. The van der Waals surface area contributed by atoms with Gasteiger partial charge in [0.1, 0.15) is 5.75 Å². The quantitative estimate of drug-likeness (QED) is 0.822. The number of benzene rings is 2. The molecule has 0 bridgehead atoms. The van der Waals surface area contributed by atoms with Crippen molar-refractivity contribution < 1.29 is 9.59 Å². The molecule has 0 saturated carbocycles. The highest BCUT2D eigenvalue weighted by molar-refractivity contribution is 5.41. The molecule has 0 radical (unpaired) electrons. The van der Waals surface area contributed by atoms with Crippen molar-refractivity contribution in [2.24, 2.45) is 0 Å². The van der Waals surface area contributed by atoms with Crippen LogP contribution in [0.3, 0.4) is 0 Å². The molecule has 2 unspecified atom stereocenters. The molecule has 0 aliphatic carbocycles. The molecule has 2 heteroatoms. The minimum atomic E-state index is 0.262. The summed E-state index contributed by atoms with van der Waals surface area (Å²) < 4.78 is 1.09. The highest BCUT2D eigenvalue weighted by Gasteiger charge is 2.34. The first-order valence-corrected chi connectivity index (χ1v) is 8.73. The Morgan fingerprint density at radius 2 is 1.70 bits per heavy atom. The van der Waals surface area contributed by atoms with Gasteiger partial charge in [-0.25, -0.2) is 0 Å². The van der Waals surface area contributed by atoms with Crippen molar-refractivity contribution in [1.29, 1.82) is 0 Å². The first-order valence-electron chi connectivity index (χ1n) is 8.73. The average Bonchev–Trinajstić information content (AvgIpc) is 2.55. The number of aromatic hydroxyl groups is 1. The van der Waals surface area contributed by atoms with E-state index in [1.807, 2.05) is 18.2 Å². The summed E-state index contributed by atoms with van der Waals surface area (Å²) in [7, 11) is 4.72. The van der Waals surface area contributed by atoms with Crippen LogP contribution in [0, 0.1) is 0 Å². The fourth-order valence-electron chi connectivity index (χ4n) is 4.02. The Morgan fingerprint density at radius 1 is 1.00 bits per heavy atom. The average molecular weight is 310 g/mol. The van der Waals surface area contributed by atoms with Gasteiger partial charge in [0.05, 0.1) is 26.7 Å². The number of hydrogen-bond donors (Lipinski definition) is 1. The van der Waals surface area contributed by atoms with Gasteiger partial charge in [0, 0.05) is 17.9 Å². The number of rotatable bonds is 4. The van der Waals surface area contributed by atoms with Gasteiger partial charge in [0.25, 0.3) is 0 Å². The van der Waals surface area contributed by atoms with Crippen LogP contribution in [0.4, 0.5) is 0 Å². The van der Waals surface area contributed by atoms with Crippen LogP contribution >= 0.6 is 0 Å². The van der Waals surface area contributed by atoms with Crippen molar-refractivity contribution in [2.75, 3.05) is 20.6 Å². The predicted octanol–water partition coefficient (Wildman–Crippen LogP) is 4.54. The third-order valence-electron chi connectivity index (χ3n) is 5.53. The van der Waals surface area contributed by atoms with E-state index in [9.17, 15) is 5.11 Å². The molecule has 1 aliphatic heterocycles. The zero-order chi connectivity index (χ0) is 16.3. The lowest BCUT2D eigenvalue weighted by atomic mass is 9.82. The number of quaternary nitrogens is 1. The van der Waals surface area contributed by atoms with Crippen LogP contribution in [0.25, 0.3) is 0 Å². The monoisotopic (exact) mass is 310 g/mol. The molecule has 23 heavy (non-hydrogen) atoms. The topological polar surface area (TPSA) is 20.2 Å². The Bertz CT molecular complexity index is 635. The van der Waals surface area contributed by atoms with E-state index >= 15 is 0 Å². The van der Waals surface area contributed by atoms with Crippen LogP contribution in [0.15, 0.2) is 54.6 Å². The maximum absolute atomic E-state index is 10.4. The molecule has 0 amide bonds. The molecule has 1 saturated heterocycles. The Morgan fingerprint density at radius 3 is 2.39 bits per heavy atom. The van der Waals surface area contributed by atoms with Crippen LogP contribution in [0.2, 0.25) is 0 Å². The molecular weight excluding hydrogens is 282 g/mol. The number of nitrogens with zero attached hydrogens (tertiary/aromatic N) is 1. The molecule has 1 aliphatic rings. The number of likely N-dealkylation sites (tertiary alicyclic amines) is 1. The first kappa shape index (κ1) is 16.1. The van der Waals surface area contributed by atoms with Crippen molar-refractivity contribution in [3.8, 4) is 5.75 Å². The van der Waals surface area contributed by atoms with Gasteiger partial charge in [-0.2, -0.15) is 0 Å². The Balaban J connectivity index is 1.95. The Hall–Kier alpha value is -1.80. The second-order valence-corrected chi connectivity index (χ2v) is 7.41. The number of para-hydroxylation sites is 1. The lowest BCUT2D eigenvalue weighted by Gasteiger charge is -2.43. The highest BCUT2D eigenvalue weighted by Crippen LogP contribution is 2.38. The minimum absolute atomic E-state index is 0.262. The Kier molecular flexibility index (Phi) is 4.72. The molecular formula is C21H28NO+. The van der Waals surface area contributed by atoms with Crippen LogP contribution < -0.4 is 0 Å². The second-order valence-electron chi connectivity index (χ2n) is 7.41. The number of piperidine rings is 1. The van der Waals surface area contributed by atoms with Gasteiger partial charge in [-0.05, 0) is 30.9 Å². The zero-order valence-electron chi connectivity index (χ0n) is 14.3. The van der Waals surface area contributed by atoms with Crippen molar-refractivity contribution in [3.63, 3.8) is 0 Å². The third-order valence-corrected chi connectivity index (χ3v) is 5.53. The van der Waals surface area contributed by atoms with Crippen LogP contribution in [-0.2, 0) is 0 Å². The van der Waals surface area contributed by atoms with Gasteiger partial charge in [0.2, 0.25) is 0 Å². The van der Waals surface area contributed by atoms with Crippen molar-refractivity contribution in [3.05, 3.63) is 65.7 Å². The molecule has 3 rings (SSSR count). The van der Waals surface area contributed by atoms with E-state index in [0.717, 1.165) is 16.5 Å². The summed E-state index contributed by atoms with van der Waals surface area (Å²) in [5, 5.41) is 10.4. The smallest absolute Gasteiger partial charge is 0.119 e.